The van der Waals surface area contributed by atoms with Crippen molar-refractivity contribution in [3.63, 3.8) is 0 Å². The molecule has 0 aliphatic rings. The van der Waals surface area contributed by atoms with Crippen LogP contribution in [0.3, 0.4) is 0 Å². The van der Waals surface area contributed by atoms with Gasteiger partial charge in [-0.15, -0.1) is 0 Å². The summed E-state index contributed by atoms with van der Waals surface area (Å²) in [4.78, 5) is 2.06. The lowest BCUT2D eigenvalue weighted by Crippen LogP contribution is -2.49. The van der Waals surface area contributed by atoms with Gasteiger partial charge in [0, 0.05) is 24.2 Å². The van der Waals surface area contributed by atoms with Gasteiger partial charge in [-0.25, -0.2) is 0 Å². The molecule has 4 heteroatoms. The van der Waals surface area contributed by atoms with Crippen LogP contribution in [0.15, 0.2) is 6.07 Å². The van der Waals surface area contributed by atoms with Crippen molar-refractivity contribution in [3.05, 3.63) is 17.5 Å². The van der Waals surface area contributed by atoms with Gasteiger partial charge in [0.15, 0.2) is 0 Å². The molecule has 0 saturated carbocycles. The molecule has 0 bridgehead atoms. The van der Waals surface area contributed by atoms with Gasteiger partial charge >= 0.3 is 0 Å². The van der Waals surface area contributed by atoms with E-state index in [-0.39, 0.29) is 5.54 Å². The minimum Gasteiger partial charge on any atom is -0.391 e. The number of aliphatic hydroxyl groups is 1. The summed E-state index contributed by atoms with van der Waals surface area (Å²) < 4.78 is 1.99. The Balaban J connectivity index is 2.87. The third kappa shape index (κ3) is 3.12. The van der Waals surface area contributed by atoms with E-state index in [2.05, 4.69) is 43.8 Å². The van der Waals surface area contributed by atoms with Crippen molar-refractivity contribution >= 4 is 0 Å². The highest BCUT2D eigenvalue weighted by Crippen LogP contribution is 2.20. The number of aromatic nitrogens is 2. The summed E-state index contributed by atoms with van der Waals surface area (Å²) in [6.45, 7) is 9.16. The zero-order valence-electron chi connectivity index (χ0n) is 12.6. The van der Waals surface area contributed by atoms with E-state index in [0.29, 0.717) is 6.42 Å². The van der Waals surface area contributed by atoms with Gasteiger partial charge in [0.25, 0.3) is 0 Å². The molecule has 0 aliphatic carbocycles. The summed E-state index contributed by atoms with van der Waals surface area (Å²) in [5.41, 5.74) is 1.98. The predicted octanol–water partition coefficient (Wildman–Crippen LogP) is 1.71. The van der Waals surface area contributed by atoms with E-state index in [1.54, 1.807) is 0 Å². The minimum atomic E-state index is -0.404. The number of hydrogen-bond donors (Lipinski definition) is 1. The molecule has 1 rings (SSSR count). The van der Waals surface area contributed by atoms with Crippen LogP contribution in [-0.4, -0.2) is 45.5 Å². The van der Waals surface area contributed by atoms with Crippen molar-refractivity contribution in [3.8, 4) is 0 Å². The Morgan fingerprint density at radius 1 is 1.39 bits per heavy atom. The summed E-state index contributed by atoms with van der Waals surface area (Å²) in [6.07, 6.45) is 1.18. The normalized spacial score (nSPS) is 14.2. The minimum absolute atomic E-state index is 0.241. The summed E-state index contributed by atoms with van der Waals surface area (Å²) in [7, 11) is 4.00. The molecule has 1 unspecified atom stereocenters. The van der Waals surface area contributed by atoms with Crippen LogP contribution in [0.1, 0.15) is 39.1 Å². The van der Waals surface area contributed by atoms with Crippen molar-refractivity contribution in [1.29, 1.82) is 0 Å². The largest absolute Gasteiger partial charge is 0.391 e. The Morgan fingerprint density at radius 3 is 2.44 bits per heavy atom. The second-order valence-electron chi connectivity index (χ2n) is 5.56. The fraction of sp³-hybridized carbons (Fsp3) is 0.786. The standard InChI is InChI=1S/C14H27N3O/c1-7-11-9-12(17(8-2)15-11)10-13(18)14(3,4)16(5)6/h9,13,18H,7-8,10H2,1-6H3. The van der Waals surface area contributed by atoms with Gasteiger partial charge in [-0.1, -0.05) is 6.92 Å². The fourth-order valence-corrected chi connectivity index (χ4v) is 1.87. The fourth-order valence-electron chi connectivity index (χ4n) is 1.87. The van der Waals surface area contributed by atoms with Crippen LogP contribution in [-0.2, 0) is 19.4 Å². The highest BCUT2D eigenvalue weighted by atomic mass is 16.3. The van der Waals surface area contributed by atoms with Crippen LogP contribution >= 0.6 is 0 Å². The summed E-state index contributed by atoms with van der Waals surface area (Å²) in [6, 6.07) is 2.11. The molecule has 4 nitrogen and oxygen atoms in total. The molecule has 0 radical (unpaired) electrons. The van der Waals surface area contributed by atoms with E-state index in [4.69, 9.17) is 0 Å². The van der Waals surface area contributed by atoms with E-state index in [0.717, 1.165) is 24.4 Å². The van der Waals surface area contributed by atoms with Crippen LogP contribution in [0.4, 0.5) is 0 Å². The first kappa shape index (κ1) is 15.2. The first-order valence-corrected chi connectivity index (χ1v) is 6.74. The number of rotatable bonds is 6. The number of aliphatic hydroxyl groups excluding tert-OH is 1. The number of nitrogens with zero attached hydrogens (tertiary/aromatic N) is 3. The highest BCUT2D eigenvalue weighted by Gasteiger charge is 2.30. The molecule has 1 atom stereocenters. The van der Waals surface area contributed by atoms with Crippen LogP contribution < -0.4 is 0 Å². The summed E-state index contributed by atoms with van der Waals surface area (Å²) in [5, 5.41) is 14.9. The van der Waals surface area contributed by atoms with Crippen LogP contribution in [0.5, 0.6) is 0 Å². The van der Waals surface area contributed by atoms with Gasteiger partial charge in [-0.3, -0.25) is 4.68 Å². The molecule has 1 aromatic rings. The average Bonchev–Trinajstić information content (AvgIpc) is 2.71. The molecule has 0 amide bonds. The highest BCUT2D eigenvalue weighted by molar-refractivity contribution is 5.12. The number of hydrogen-bond acceptors (Lipinski definition) is 3. The second kappa shape index (κ2) is 5.85. The zero-order valence-corrected chi connectivity index (χ0v) is 12.6. The quantitative estimate of drug-likeness (QED) is 0.839. The molecule has 104 valence electrons. The van der Waals surface area contributed by atoms with Crippen molar-refractivity contribution in [2.45, 2.75) is 58.7 Å². The molecule has 0 spiro atoms. The van der Waals surface area contributed by atoms with Crippen molar-refractivity contribution in [2.75, 3.05) is 14.1 Å². The monoisotopic (exact) mass is 253 g/mol. The van der Waals surface area contributed by atoms with Crippen LogP contribution in [0.25, 0.3) is 0 Å². The topological polar surface area (TPSA) is 41.3 Å². The molecule has 0 aromatic carbocycles. The lowest BCUT2D eigenvalue weighted by molar-refractivity contribution is 0.0170. The molecule has 0 aliphatic heterocycles. The van der Waals surface area contributed by atoms with Crippen molar-refractivity contribution in [2.24, 2.45) is 0 Å². The summed E-state index contributed by atoms with van der Waals surface area (Å²) >= 11 is 0. The maximum Gasteiger partial charge on any atom is 0.0773 e. The van der Waals surface area contributed by atoms with Gasteiger partial charge in [0.05, 0.1) is 11.8 Å². The van der Waals surface area contributed by atoms with Gasteiger partial charge in [-0.05, 0) is 47.4 Å². The molecule has 0 saturated heterocycles. The first-order valence-electron chi connectivity index (χ1n) is 6.74. The number of likely N-dealkylation sites (N-methyl/N-ethyl adjacent to an activating group) is 1. The van der Waals surface area contributed by atoms with E-state index in [9.17, 15) is 5.11 Å². The van der Waals surface area contributed by atoms with E-state index in [1.807, 2.05) is 18.8 Å². The Hall–Kier alpha value is -0.870. The third-order valence-corrected chi connectivity index (χ3v) is 3.95. The Labute approximate surface area is 111 Å². The van der Waals surface area contributed by atoms with Gasteiger partial charge in [0.2, 0.25) is 0 Å². The molecule has 18 heavy (non-hydrogen) atoms. The van der Waals surface area contributed by atoms with Crippen LogP contribution in [0, 0.1) is 0 Å². The summed E-state index contributed by atoms with van der Waals surface area (Å²) in [5.74, 6) is 0. The van der Waals surface area contributed by atoms with E-state index >= 15 is 0 Å². The zero-order chi connectivity index (χ0) is 13.9. The molecular formula is C14H27N3O. The Morgan fingerprint density at radius 2 is 2.00 bits per heavy atom. The predicted molar refractivity (Wildman–Crippen MR) is 74.8 cm³/mol. The van der Waals surface area contributed by atoms with Crippen molar-refractivity contribution in [1.82, 2.24) is 14.7 Å². The lowest BCUT2D eigenvalue weighted by atomic mass is 9.92. The molecule has 1 aromatic heterocycles. The Kier molecular flexibility index (Phi) is 4.93. The van der Waals surface area contributed by atoms with E-state index in [1.165, 1.54) is 0 Å². The molecule has 1 heterocycles. The van der Waals surface area contributed by atoms with Gasteiger partial charge in [0.1, 0.15) is 0 Å². The SMILES string of the molecule is CCc1cc(CC(O)C(C)(C)N(C)C)n(CC)n1. The first-order chi connectivity index (χ1) is 8.32. The number of aryl methyl sites for hydroxylation is 2. The molecule has 0 fully saturated rings. The van der Waals surface area contributed by atoms with E-state index < -0.39 is 6.10 Å². The second-order valence-corrected chi connectivity index (χ2v) is 5.56. The van der Waals surface area contributed by atoms with Gasteiger partial charge < -0.3 is 10.0 Å². The maximum absolute atomic E-state index is 10.4. The molecule has 1 N–H and O–H groups in total. The average molecular weight is 253 g/mol. The Bertz CT molecular complexity index is 382. The lowest BCUT2D eigenvalue weighted by Gasteiger charge is -2.37. The maximum atomic E-state index is 10.4. The van der Waals surface area contributed by atoms with Crippen molar-refractivity contribution < 1.29 is 5.11 Å². The smallest absolute Gasteiger partial charge is 0.0773 e. The van der Waals surface area contributed by atoms with Crippen LogP contribution in [0.2, 0.25) is 0 Å². The van der Waals surface area contributed by atoms with Gasteiger partial charge in [-0.2, -0.15) is 5.10 Å². The third-order valence-electron chi connectivity index (χ3n) is 3.95. The molecular weight excluding hydrogens is 226 g/mol.